The first-order valence-electron chi connectivity index (χ1n) is 6.25. The van der Waals surface area contributed by atoms with Crippen molar-refractivity contribution in [3.8, 4) is 11.4 Å². The molecular formula is C15H9F3N2O2. The Bertz CT molecular complexity index is 851. The molecule has 0 spiro atoms. The van der Waals surface area contributed by atoms with Crippen LogP contribution in [0.5, 0.6) is 0 Å². The predicted molar refractivity (Wildman–Crippen MR) is 72.6 cm³/mol. The molecule has 0 bridgehead atoms. The van der Waals surface area contributed by atoms with Crippen molar-refractivity contribution in [1.82, 2.24) is 9.38 Å². The first-order valence-corrected chi connectivity index (χ1v) is 6.25. The lowest BCUT2D eigenvalue weighted by atomic mass is 10.1. The van der Waals surface area contributed by atoms with E-state index in [1.54, 1.807) is 12.1 Å². The number of benzene rings is 1. The van der Waals surface area contributed by atoms with Crippen LogP contribution in [0, 0.1) is 0 Å². The van der Waals surface area contributed by atoms with E-state index in [0.29, 0.717) is 11.1 Å². The molecule has 1 N–H and O–H groups in total. The van der Waals surface area contributed by atoms with Crippen LogP contribution in [-0.2, 0) is 6.18 Å². The largest absolute Gasteiger partial charge is 0.477 e. The second-order valence-corrected chi connectivity index (χ2v) is 4.63. The second-order valence-electron chi connectivity index (χ2n) is 4.63. The van der Waals surface area contributed by atoms with Crippen molar-refractivity contribution in [2.75, 3.05) is 0 Å². The quantitative estimate of drug-likeness (QED) is 0.785. The SMILES string of the molecule is O=C(O)c1cccc2cnc(-c3ccc(C(F)(F)F)cc3)n12. The van der Waals surface area contributed by atoms with Gasteiger partial charge in [0.05, 0.1) is 17.3 Å². The number of aromatic carboxylic acids is 1. The van der Waals surface area contributed by atoms with Crippen molar-refractivity contribution in [2.24, 2.45) is 0 Å². The van der Waals surface area contributed by atoms with Gasteiger partial charge < -0.3 is 5.11 Å². The van der Waals surface area contributed by atoms with Crippen LogP contribution in [0.15, 0.2) is 48.7 Å². The topological polar surface area (TPSA) is 54.6 Å². The van der Waals surface area contributed by atoms with E-state index in [-0.39, 0.29) is 11.5 Å². The molecule has 0 amide bonds. The van der Waals surface area contributed by atoms with Crippen molar-refractivity contribution >= 4 is 11.5 Å². The molecule has 4 nitrogen and oxygen atoms in total. The number of fused-ring (bicyclic) bond motifs is 1. The smallest absolute Gasteiger partial charge is 0.416 e. The summed E-state index contributed by atoms with van der Waals surface area (Å²) in [5.41, 5.74) is 0.178. The molecule has 0 fully saturated rings. The van der Waals surface area contributed by atoms with E-state index in [9.17, 15) is 23.1 Å². The number of halogens is 3. The second kappa shape index (κ2) is 4.87. The normalized spacial score (nSPS) is 11.8. The highest BCUT2D eigenvalue weighted by molar-refractivity contribution is 5.87. The number of pyridine rings is 1. The van der Waals surface area contributed by atoms with Gasteiger partial charge in [-0.2, -0.15) is 13.2 Å². The molecule has 0 saturated heterocycles. The molecule has 0 aliphatic heterocycles. The fourth-order valence-electron chi connectivity index (χ4n) is 2.23. The van der Waals surface area contributed by atoms with Crippen molar-refractivity contribution in [3.05, 3.63) is 59.9 Å². The van der Waals surface area contributed by atoms with Gasteiger partial charge in [0.2, 0.25) is 0 Å². The standard InChI is InChI=1S/C15H9F3N2O2/c16-15(17,18)10-6-4-9(5-7-10)13-19-8-11-2-1-3-12(14(21)22)20(11)13/h1-8H,(H,21,22). The van der Waals surface area contributed by atoms with Crippen LogP contribution < -0.4 is 0 Å². The molecule has 112 valence electrons. The highest BCUT2D eigenvalue weighted by atomic mass is 19.4. The molecular weight excluding hydrogens is 297 g/mol. The summed E-state index contributed by atoms with van der Waals surface area (Å²) in [7, 11) is 0. The van der Waals surface area contributed by atoms with Crippen molar-refractivity contribution in [2.45, 2.75) is 6.18 Å². The Labute approximate surface area is 122 Å². The number of hydrogen-bond acceptors (Lipinski definition) is 2. The number of alkyl halides is 3. The van der Waals surface area contributed by atoms with Crippen molar-refractivity contribution in [3.63, 3.8) is 0 Å². The molecule has 3 aromatic rings. The number of rotatable bonds is 2. The maximum atomic E-state index is 12.6. The minimum Gasteiger partial charge on any atom is -0.477 e. The Morgan fingerprint density at radius 2 is 1.77 bits per heavy atom. The minimum absolute atomic E-state index is 0.00935. The average Bonchev–Trinajstić information content (AvgIpc) is 2.90. The van der Waals surface area contributed by atoms with Crippen LogP contribution in [0.2, 0.25) is 0 Å². The summed E-state index contributed by atoms with van der Waals surface area (Å²) in [4.78, 5) is 15.4. The van der Waals surface area contributed by atoms with Crippen LogP contribution in [0.3, 0.4) is 0 Å². The number of carbonyl (C=O) groups is 1. The maximum Gasteiger partial charge on any atom is 0.416 e. The van der Waals surface area contributed by atoms with Gasteiger partial charge in [0.25, 0.3) is 0 Å². The van der Waals surface area contributed by atoms with Gasteiger partial charge in [0.15, 0.2) is 0 Å². The molecule has 1 aromatic carbocycles. The molecule has 3 rings (SSSR count). The molecule has 2 aromatic heterocycles. The molecule has 0 saturated carbocycles. The summed E-state index contributed by atoms with van der Waals surface area (Å²) >= 11 is 0. The zero-order valence-corrected chi connectivity index (χ0v) is 11.0. The van der Waals surface area contributed by atoms with Crippen molar-refractivity contribution in [1.29, 1.82) is 0 Å². The first kappa shape index (κ1) is 14.1. The fourth-order valence-corrected chi connectivity index (χ4v) is 2.23. The summed E-state index contributed by atoms with van der Waals surface area (Å²) in [6.07, 6.45) is -2.95. The number of hydrogen-bond donors (Lipinski definition) is 1. The number of imidazole rings is 1. The van der Waals surface area contributed by atoms with E-state index >= 15 is 0 Å². The highest BCUT2D eigenvalue weighted by Gasteiger charge is 2.30. The predicted octanol–water partition coefficient (Wildman–Crippen LogP) is 3.72. The van der Waals surface area contributed by atoms with E-state index in [1.807, 2.05) is 0 Å². The van der Waals surface area contributed by atoms with E-state index in [4.69, 9.17) is 0 Å². The molecule has 2 heterocycles. The van der Waals surface area contributed by atoms with Crippen LogP contribution in [0.4, 0.5) is 13.2 Å². The third-order valence-electron chi connectivity index (χ3n) is 3.24. The van der Waals surface area contributed by atoms with E-state index in [0.717, 1.165) is 12.1 Å². The summed E-state index contributed by atoms with van der Waals surface area (Å²) in [6, 6.07) is 9.10. The molecule has 0 aliphatic rings. The number of carboxylic acids is 1. The van der Waals surface area contributed by atoms with Crippen LogP contribution in [0.25, 0.3) is 16.9 Å². The third-order valence-corrected chi connectivity index (χ3v) is 3.24. The van der Waals surface area contributed by atoms with Crippen molar-refractivity contribution < 1.29 is 23.1 Å². The Morgan fingerprint density at radius 1 is 1.09 bits per heavy atom. The molecule has 7 heteroatoms. The highest BCUT2D eigenvalue weighted by Crippen LogP contribution is 2.31. The van der Waals surface area contributed by atoms with E-state index < -0.39 is 17.7 Å². The van der Waals surface area contributed by atoms with Gasteiger partial charge in [-0.05, 0) is 24.3 Å². The van der Waals surface area contributed by atoms with Gasteiger partial charge in [0, 0.05) is 5.56 Å². The van der Waals surface area contributed by atoms with E-state index in [2.05, 4.69) is 4.98 Å². The van der Waals surface area contributed by atoms with Gasteiger partial charge in [0.1, 0.15) is 11.5 Å². The third kappa shape index (κ3) is 2.30. The average molecular weight is 306 g/mol. The lowest BCUT2D eigenvalue weighted by Gasteiger charge is -2.08. The van der Waals surface area contributed by atoms with Gasteiger partial charge >= 0.3 is 12.1 Å². The van der Waals surface area contributed by atoms with Gasteiger partial charge in [-0.3, -0.25) is 4.40 Å². The number of aromatic nitrogens is 2. The lowest BCUT2D eigenvalue weighted by molar-refractivity contribution is -0.137. The lowest BCUT2D eigenvalue weighted by Crippen LogP contribution is -2.06. The summed E-state index contributed by atoms with van der Waals surface area (Å²) in [5, 5.41) is 9.23. The number of nitrogens with zero attached hydrogens (tertiary/aromatic N) is 2. The number of carboxylic acid groups (broad SMARTS) is 1. The zero-order chi connectivity index (χ0) is 15.9. The van der Waals surface area contributed by atoms with Crippen LogP contribution >= 0.6 is 0 Å². The first-order chi connectivity index (χ1) is 10.4. The fraction of sp³-hybridized carbons (Fsp3) is 0.0667. The monoisotopic (exact) mass is 306 g/mol. The van der Waals surface area contributed by atoms with Gasteiger partial charge in [-0.15, -0.1) is 0 Å². The molecule has 22 heavy (non-hydrogen) atoms. The molecule has 0 atom stereocenters. The summed E-state index contributed by atoms with van der Waals surface area (Å²) in [6.45, 7) is 0. The zero-order valence-electron chi connectivity index (χ0n) is 11.0. The Kier molecular flexibility index (Phi) is 3.13. The molecule has 0 unspecified atom stereocenters. The van der Waals surface area contributed by atoms with Crippen LogP contribution in [0.1, 0.15) is 16.1 Å². The minimum atomic E-state index is -4.42. The Morgan fingerprint density at radius 3 is 2.36 bits per heavy atom. The molecule has 0 aliphatic carbocycles. The molecule has 0 radical (unpaired) electrons. The maximum absolute atomic E-state index is 12.6. The van der Waals surface area contributed by atoms with Gasteiger partial charge in [-0.1, -0.05) is 18.2 Å². The van der Waals surface area contributed by atoms with Gasteiger partial charge in [-0.25, -0.2) is 9.78 Å². The van der Waals surface area contributed by atoms with E-state index in [1.165, 1.54) is 28.8 Å². The van der Waals surface area contributed by atoms with Crippen LogP contribution in [-0.4, -0.2) is 20.5 Å². The Hall–Kier alpha value is -2.83. The summed E-state index contributed by atoms with van der Waals surface area (Å²) in [5.74, 6) is -0.863. The Balaban J connectivity index is 2.17. The summed E-state index contributed by atoms with van der Waals surface area (Å²) < 4.78 is 39.2.